The highest BCUT2D eigenvalue weighted by Crippen LogP contribution is 2.35. The fourth-order valence-electron chi connectivity index (χ4n) is 4.49. The van der Waals surface area contributed by atoms with E-state index in [-0.39, 0.29) is 0 Å². The Morgan fingerprint density at radius 3 is 2.65 bits per heavy atom. The van der Waals surface area contributed by atoms with Crippen LogP contribution in [0.25, 0.3) is 22.2 Å². The topological polar surface area (TPSA) is 106 Å². The third kappa shape index (κ3) is 7.72. The van der Waals surface area contributed by atoms with Crippen LogP contribution in [0.15, 0.2) is 42.5 Å². The maximum atomic E-state index is 9.88. The van der Waals surface area contributed by atoms with Gasteiger partial charge in [-0.05, 0) is 44.0 Å². The molecule has 1 aliphatic rings. The van der Waals surface area contributed by atoms with E-state index in [9.17, 15) is 10.1 Å². The minimum atomic E-state index is 0.670. The minimum absolute atomic E-state index is 0.670. The molecule has 8 heteroatoms. The van der Waals surface area contributed by atoms with Crippen LogP contribution in [-0.4, -0.2) is 61.9 Å². The number of hydrogen-bond acceptors (Lipinski definition) is 6. The van der Waals surface area contributed by atoms with E-state index in [0.717, 1.165) is 99.5 Å². The molecule has 1 aliphatic heterocycles. The molecule has 8 nitrogen and oxygen atoms in total. The molecule has 0 unspecified atom stereocenters. The Morgan fingerprint density at radius 1 is 1.16 bits per heavy atom. The van der Waals surface area contributed by atoms with Gasteiger partial charge in [-0.15, -0.1) is 0 Å². The van der Waals surface area contributed by atoms with E-state index in [1.807, 2.05) is 42.5 Å². The lowest BCUT2D eigenvalue weighted by Gasteiger charge is -2.26. The number of nitriles is 1. The molecule has 0 saturated carbocycles. The second-order valence-electron chi connectivity index (χ2n) is 8.97. The number of carbonyl (C=O) groups excluding carboxylic acids is 1. The number of aryl methyl sites for hydroxylation is 1. The quantitative estimate of drug-likeness (QED) is 0.227. The van der Waals surface area contributed by atoms with Crippen LogP contribution >= 0.6 is 0 Å². The van der Waals surface area contributed by atoms with Gasteiger partial charge in [0.1, 0.15) is 11.8 Å². The Labute approximate surface area is 219 Å². The van der Waals surface area contributed by atoms with E-state index in [4.69, 9.17) is 15.2 Å². The Balaban J connectivity index is 0.000000479. The number of ether oxygens (including phenoxy) is 2. The van der Waals surface area contributed by atoms with Crippen molar-refractivity contribution in [3.63, 3.8) is 0 Å². The molecule has 3 N–H and O–H groups in total. The van der Waals surface area contributed by atoms with E-state index in [1.165, 1.54) is 0 Å². The van der Waals surface area contributed by atoms with Crippen molar-refractivity contribution in [2.24, 2.45) is 0 Å². The lowest BCUT2D eigenvalue weighted by atomic mass is 10.1. The number of rotatable bonds is 11. The summed E-state index contributed by atoms with van der Waals surface area (Å²) < 4.78 is 13.6. The van der Waals surface area contributed by atoms with E-state index in [2.05, 4.69) is 34.7 Å². The summed E-state index contributed by atoms with van der Waals surface area (Å²) in [6, 6.07) is 16.1. The van der Waals surface area contributed by atoms with Gasteiger partial charge in [0.25, 0.3) is 0 Å². The number of anilines is 1. The summed E-state index contributed by atoms with van der Waals surface area (Å²) in [6.45, 7) is 11.1. The maximum Gasteiger partial charge on any atom is 0.207 e. The van der Waals surface area contributed by atoms with Crippen molar-refractivity contribution >= 4 is 23.0 Å². The van der Waals surface area contributed by atoms with Gasteiger partial charge in [0.05, 0.1) is 36.6 Å². The molecule has 0 bridgehead atoms. The van der Waals surface area contributed by atoms with Crippen molar-refractivity contribution in [1.29, 1.82) is 5.26 Å². The van der Waals surface area contributed by atoms with Gasteiger partial charge in [0.2, 0.25) is 6.41 Å². The summed E-state index contributed by atoms with van der Waals surface area (Å²) >= 11 is 0. The summed E-state index contributed by atoms with van der Waals surface area (Å²) in [5, 5.41) is 13.4. The number of nitrogen functional groups attached to an aromatic ring is 1. The number of nitrogens with zero attached hydrogens (tertiary/aromatic N) is 3. The molecule has 0 radical (unpaired) electrons. The van der Waals surface area contributed by atoms with Gasteiger partial charge >= 0.3 is 0 Å². The van der Waals surface area contributed by atoms with Crippen LogP contribution in [0.5, 0.6) is 5.75 Å². The predicted molar refractivity (Wildman–Crippen MR) is 149 cm³/mol. The highest BCUT2D eigenvalue weighted by atomic mass is 16.5. The van der Waals surface area contributed by atoms with Crippen molar-refractivity contribution < 1.29 is 14.3 Å². The Hall–Kier alpha value is -3.54. The monoisotopic (exact) mass is 505 g/mol. The summed E-state index contributed by atoms with van der Waals surface area (Å²) in [7, 11) is 0. The number of carbonyl (C=O) groups is 1. The molecule has 0 atom stereocenters. The van der Waals surface area contributed by atoms with Crippen molar-refractivity contribution in [2.75, 3.05) is 51.7 Å². The second-order valence-corrected chi connectivity index (χ2v) is 8.97. The van der Waals surface area contributed by atoms with Crippen molar-refractivity contribution in [2.45, 2.75) is 39.7 Å². The summed E-state index contributed by atoms with van der Waals surface area (Å²) in [4.78, 5) is 12.0. The standard InChI is InChI=1S/C24H28N4O2.C5H11NO/c1-2-28-23-16-20(30-12-4-9-27-10-13-29-14-11-27)7-8-21(23)22(17-25)24(28)18-5-3-6-19(26)15-18;1-2-3-4-6-5-7/h3,5-8,15-16H,2,4,9-14,26H2,1H3;5H,2-4H2,1H3,(H,6,7). The largest absolute Gasteiger partial charge is 0.493 e. The molecular weight excluding hydrogens is 466 g/mol. The van der Waals surface area contributed by atoms with Gasteiger partial charge in [-0.2, -0.15) is 5.26 Å². The van der Waals surface area contributed by atoms with Gasteiger partial charge in [-0.1, -0.05) is 25.5 Å². The lowest BCUT2D eigenvalue weighted by molar-refractivity contribution is -0.109. The molecule has 1 amide bonds. The first-order chi connectivity index (χ1) is 18.1. The van der Waals surface area contributed by atoms with Gasteiger partial charge in [0, 0.05) is 55.4 Å². The lowest BCUT2D eigenvalue weighted by Crippen LogP contribution is -2.37. The summed E-state index contributed by atoms with van der Waals surface area (Å²) in [5.41, 5.74) is 10.2. The first-order valence-electron chi connectivity index (χ1n) is 13.1. The average molecular weight is 506 g/mol. The first kappa shape index (κ1) is 28.0. The second kappa shape index (κ2) is 14.9. The molecule has 198 valence electrons. The summed E-state index contributed by atoms with van der Waals surface area (Å²) in [5.74, 6) is 0.834. The zero-order valence-electron chi connectivity index (χ0n) is 22.0. The molecule has 2 heterocycles. The molecule has 0 spiro atoms. The smallest absolute Gasteiger partial charge is 0.207 e. The zero-order chi connectivity index (χ0) is 26.5. The van der Waals surface area contributed by atoms with E-state index < -0.39 is 0 Å². The SMILES string of the molecule is CCCCNC=O.CCn1c(-c2cccc(N)c2)c(C#N)c2ccc(OCCCN3CCOCC3)cc21. The number of hydrogen-bond donors (Lipinski definition) is 2. The maximum absolute atomic E-state index is 9.88. The van der Waals surface area contributed by atoms with E-state index in [0.29, 0.717) is 17.9 Å². The van der Waals surface area contributed by atoms with Crippen LogP contribution < -0.4 is 15.8 Å². The first-order valence-corrected chi connectivity index (χ1v) is 13.1. The Kier molecular flexibility index (Phi) is 11.3. The number of benzene rings is 2. The molecule has 1 aromatic heterocycles. The normalized spacial score (nSPS) is 13.4. The van der Waals surface area contributed by atoms with Gasteiger partial charge < -0.3 is 25.1 Å². The van der Waals surface area contributed by atoms with Crippen LogP contribution in [0.2, 0.25) is 0 Å². The molecule has 2 aromatic carbocycles. The number of unbranched alkanes of at least 4 members (excludes halogenated alkanes) is 1. The van der Waals surface area contributed by atoms with Crippen molar-refractivity contribution in [3.8, 4) is 23.1 Å². The number of morpholine rings is 1. The number of nitrogens with two attached hydrogens (primary N) is 1. The molecular formula is C29H39N5O3. The average Bonchev–Trinajstić information content (AvgIpc) is 3.25. The van der Waals surface area contributed by atoms with Crippen LogP contribution in [0, 0.1) is 11.3 Å². The van der Waals surface area contributed by atoms with Gasteiger partial charge in [0.15, 0.2) is 0 Å². The molecule has 3 aromatic rings. The highest BCUT2D eigenvalue weighted by molar-refractivity contribution is 5.95. The van der Waals surface area contributed by atoms with Crippen LogP contribution in [0.4, 0.5) is 5.69 Å². The fourth-order valence-corrected chi connectivity index (χ4v) is 4.49. The Bertz CT molecular complexity index is 1180. The van der Waals surface area contributed by atoms with E-state index in [1.54, 1.807) is 0 Å². The molecule has 4 rings (SSSR count). The van der Waals surface area contributed by atoms with E-state index >= 15 is 0 Å². The number of fused-ring (bicyclic) bond motifs is 1. The number of amides is 1. The van der Waals surface area contributed by atoms with Crippen LogP contribution in [0.1, 0.15) is 38.7 Å². The Morgan fingerprint density at radius 2 is 1.97 bits per heavy atom. The third-order valence-electron chi connectivity index (χ3n) is 6.37. The summed E-state index contributed by atoms with van der Waals surface area (Å²) in [6.07, 6.45) is 3.93. The third-order valence-corrected chi connectivity index (χ3v) is 6.37. The van der Waals surface area contributed by atoms with Crippen molar-refractivity contribution in [3.05, 3.63) is 48.0 Å². The van der Waals surface area contributed by atoms with Crippen molar-refractivity contribution in [1.82, 2.24) is 14.8 Å². The number of aromatic nitrogens is 1. The van der Waals surface area contributed by atoms with Gasteiger partial charge in [-0.3, -0.25) is 9.69 Å². The van der Waals surface area contributed by atoms with Crippen LogP contribution in [-0.2, 0) is 16.1 Å². The molecule has 1 fully saturated rings. The molecule has 37 heavy (non-hydrogen) atoms. The highest BCUT2D eigenvalue weighted by Gasteiger charge is 2.19. The van der Waals surface area contributed by atoms with Crippen LogP contribution in [0.3, 0.4) is 0 Å². The zero-order valence-corrected chi connectivity index (χ0v) is 22.0. The molecule has 0 aliphatic carbocycles. The van der Waals surface area contributed by atoms with Gasteiger partial charge in [-0.25, -0.2) is 0 Å². The fraction of sp³-hybridized carbons (Fsp3) is 0.448. The minimum Gasteiger partial charge on any atom is -0.493 e. The predicted octanol–water partition coefficient (Wildman–Crippen LogP) is 4.42. The molecule has 1 saturated heterocycles. The number of nitrogens with one attached hydrogen (secondary N) is 1.